The second-order valence-electron chi connectivity index (χ2n) is 28.9. The molecule has 0 unspecified atom stereocenters. The van der Waals surface area contributed by atoms with E-state index >= 15 is 0 Å². The zero-order chi connectivity index (χ0) is 88.0. The maximum absolute atomic E-state index is 13.6. The molecule has 29 nitrogen and oxygen atoms in total. The Balaban J connectivity index is 0.00000157. The Hall–Kier alpha value is -9.52. The number of aromatic nitrogens is 6. The van der Waals surface area contributed by atoms with Gasteiger partial charge in [0.15, 0.2) is 35.2 Å². The number of rotatable bonds is 32. The van der Waals surface area contributed by atoms with Gasteiger partial charge in [0, 0.05) is 55.6 Å². The molecule has 630 valence electrons. The van der Waals surface area contributed by atoms with Gasteiger partial charge in [0.05, 0.1) is 84.4 Å². The number of ether oxygens (including phenoxy) is 3. The number of anilines is 3. The Morgan fingerprint density at radius 1 is 0.457 bits per heavy atom. The first kappa shape index (κ1) is 104. The summed E-state index contributed by atoms with van der Waals surface area (Å²) in [6.45, 7) is 26.8. The van der Waals surface area contributed by atoms with Gasteiger partial charge in [0.1, 0.15) is 53.7 Å². The molecule has 0 radical (unpaired) electrons. The summed E-state index contributed by atoms with van der Waals surface area (Å²) in [5.74, 6) is -6.95. The number of aliphatic hydroxyl groups excluding tert-OH is 1. The molecule has 0 atom stereocenters. The van der Waals surface area contributed by atoms with Crippen LogP contribution in [0.4, 0.5) is 31.0 Å². The number of hydrogen-bond donors (Lipinski definition) is 1. The van der Waals surface area contributed by atoms with Gasteiger partial charge in [-0.2, -0.15) is 0 Å². The fourth-order valence-corrected chi connectivity index (χ4v) is 10.5. The van der Waals surface area contributed by atoms with E-state index in [-0.39, 0.29) is 114 Å². The topological polar surface area (TPSA) is 408 Å². The SMILES string of the molecule is CC(=O)CC(=O)CC(=O)OC(C)(C)C.CC(C)c1nc(N(C)S(C)(=O)=O)nc(-c2ccc(F)cc2)c1/C=C/C(=O)CC(=O)CC(=O)OC(C)(C)C.CC(C)c1nc(N(C)S(C)(=O)=O)nc(-c2ccc(F)cc2)c1C=O.CCCO.CCCOC(=O)CC(=O)CC(=O)/C=C/c1c(-c2ccc(F)cc2)nc(N(C)S(C)(=O)=O)nc1C(C)C.[H-].[Na+]. The molecule has 0 saturated carbocycles. The summed E-state index contributed by atoms with van der Waals surface area (Å²) >= 11 is 0. The number of allylic oxidation sites excluding steroid dienone is 2. The van der Waals surface area contributed by atoms with Crippen molar-refractivity contribution in [3.63, 3.8) is 0 Å². The number of esters is 3. The van der Waals surface area contributed by atoms with Crippen LogP contribution in [0.15, 0.2) is 84.9 Å². The predicted octanol–water partition coefficient (Wildman–Crippen LogP) is 9.15. The quantitative estimate of drug-likeness (QED) is 0.0103. The van der Waals surface area contributed by atoms with Crippen LogP contribution in [0.1, 0.15) is 213 Å². The molecule has 0 bridgehead atoms. The molecule has 36 heteroatoms. The molecule has 0 amide bonds. The number of halogens is 3. The molecule has 6 aromatic rings. The maximum atomic E-state index is 13.6. The first-order valence-electron chi connectivity index (χ1n) is 36.0. The van der Waals surface area contributed by atoms with Crippen molar-refractivity contribution in [1.82, 2.24) is 29.9 Å². The number of sulfonamides is 3. The van der Waals surface area contributed by atoms with Crippen LogP contribution in [0.25, 0.3) is 45.9 Å². The average molecular weight is 1690 g/mol. The van der Waals surface area contributed by atoms with E-state index in [0.717, 1.165) is 38.1 Å². The summed E-state index contributed by atoms with van der Waals surface area (Å²) < 4.78 is 130. The second-order valence-corrected chi connectivity index (χ2v) is 34.9. The third-order valence-electron chi connectivity index (χ3n) is 15.0. The van der Waals surface area contributed by atoms with E-state index in [2.05, 4.69) is 29.9 Å². The van der Waals surface area contributed by atoms with Crippen LogP contribution >= 0.6 is 0 Å². The van der Waals surface area contributed by atoms with E-state index in [1.54, 1.807) is 41.5 Å². The summed E-state index contributed by atoms with van der Waals surface area (Å²) in [4.78, 5) is 143. The number of hydrogen-bond acceptors (Lipinski definition) is 26. The molecule has 0 aliphatic heterocycles. The van der Waals surface area contributed by atoms with Crippen molar-refractivity contribution in [2.24, 2.45) is 0 Å². The average Bonchev–Trinajstić information content (AvgIpc) is 0.790. The standard InChI is InChI=1S/C26H32FN3O6S.C25H30FN3O6S.C16H18FN3O3S.C10H16O4.C3H8O.Na.H/c1-16(2)23-21(13-12-19(31)14-20(32)15-22(33)36-26(3,4)5)24(17-8-10-18(27)11-9-17)29-25(28-23)30(6)37(7,34)35;1-6-13-35-22(32)15-20(31)14-19(30)11-12-21-23(16(2)3)27-25(29(4)36(5,33)34)28-24(21)17-7-9-18(26)10-8-17;1-10(2)14-13(9-21)15(11-5-7-12(17)8-6-11)19-16(18-14)20(3)24(4,22)23;1-7(11)5-8(12)6-9(13)14-10(2,3)4;1-2-3-4;;/h8-13,16H,14-15H2,1-7H3;7-12,16H,6,13-15H2,1-5H3;5-10H,1-4H3;5-6H2,1-4H3;4H,2-3H2,1H3;;/q;;;;;+1;-1/b13-12+;12-11+;;;;;. The molecule has 3 aromatic carbocycles. The summed E-state index contributed by atoms with van der Waals surface area (Å²) in [6, 6.07) is 16.3. The van der Waals surface area contributed by atoms with Crippen LogP contribution in [0.5, 0.6) is 0 Å². The van der Waals surface area contributed by atoms with E-state index in [9.17, 15) is 86.4 Å². The largest absolute Gasteiger partial charge is 1.00 e. The molecule has 0 aliphatic rings. The minimum Gasteiger partial charge on any atom is -1.00 e. The van der Waals surface area contributed by atoms with Gasteiger partial charge in [0.2, 0.25) is 47.9 Å². The van der Waals surface area contributed by atoms with Crippen LogP contribution in [0.3, 0.4) is 0 Å². The number of Topliss-reactive ketones (excluding diaryl/α,β-unsaturated/α-hetero) is 4. The monoisotopic (exact) mass is 1690 g/mol. The van der Waals surface area contributed by atoms with Gasteiger partial charge in [0.25, 0.3) is 0 Å². The zero-order valence-electron chi connectivity index (χ0n) is 70.7. The number of aliphatic hydroxyl groups is 1. The van der Waals surface area contributed by atoms with Crippen molar-refractivity contribution < 1.29 is 137 Å². The first-order chi connectivity index (χ1) is 53.1. The minimum atomic E-state index is -3.68. The van der Waals surface area contributed by atoms with Crippen molar-refractivity contribution >= 4 is 119 Å². The van der Waals surface area contributed by atoms with E-state index in [0.29, 0.717) is 64.2 Å². The van der Waals surface area contributed by atoms with E-state index in [4.69, 9.17) is 19.3 Å². The number of carbonyl (C=O) groups excluding carboxylic acids is 10. The van der Waals surface area contributed by atoms with Gasteiger partial charge in [-0.3, -0.25) is 47.9 Å². The number of carbonyl (C=O) groups is 10. The van der Waals surface area contributed by atoms with Crippen LogP contribution in [0, 0.1) is 17.5 Å². The fourth-order valence-electron chi connectivity index (χ4n) is 9.37. The van der Waals surface area contributed by atoms with Crippen molar-refractivity contribution in [2.75, 3.05) is 66.0 Å². The Bertz CT molecular complexity index is 4870. The number of nitrogens with zero attached hydrogens (tertiary/aromatic N) is 9. The second kappa shape index (κ2) is 47.6. The number of aldehydes is 1. The summed E-state index contributed by atoms with van der Waals surface area (Å²) in [5, 5.41) is 7.88. The molecule has 0 aliphatic carbocycles. The maximum Gasteiger partial charge on any atom is 1.00 e. The fraction of sp³-hybridized carbons (Fsp3) is 0.450. The summed E-state index contributed by atoms with van der Waals surface area (Å²) in [7, 11) is -6.94. The van der Waals surface area contributed by atoms with E-state index < -0.39 is 131 Å². The molecule has 6 rings (SSSR count). The summed E-state index contributed by atoms with van der Waals surface area (Å²) in [5.41, 5.74) is 3.41. The zero-order valence-corrected chi connectivity index (χ0v) is 74.2. The molecule has 0 saturated heterocycles. The van der Waals surface area contributed by atoms with E-state index in [1.165, 1.54) is 125 Å². The Kier molecular flexibility index (Phi) is 42.9. The number of ketones is 6. The van der Waals surface area contributed by atoms with Crippen LogP contribution in [-0.2, 0) is 87.4 Å². The van der Waals surface area contributed by atoms with Gasteiger partial charge in [-0.25, -0.2) is 81.2 Å². The Morgan fingerprint density at radius 3 is 0.966 bits per heavy atom. The van der Waals surface area contributed by atoms with Gasteiger partial charge in [-0.15, -0.1) is 0 Å². The minimum absolute atomic E-state index is 0. The van der Waals surface area contributed by atoms with Crippen molar-refractivity contribution in [2.45, 2.75) is 184 Å². The van der Waals surface area contributed by atoms with E-state index in [1.807, 2.05) is 55.4 Å². The Morgan fingerprint density at radius 2 is 0.724 bits per heavy atom. The van der Waals surface area contributed by atoms with Gasteiger partial charge < -0.3 is 20.7 Å². The third kappa shape index (κ3) is 37.2. The van der Waals surface area contributed by atoms with Crippen LogP contribution < -0.4 is 42.5 Å². The predicted molar refractivity (Wildman–Crippen MR) is 433 cm³/mol. The van der Waals surface area contributed by atoms with Gasteiger partial charge in [-0.1, -0.05) is 55.4 Å². The number of benzene rings is 3. The third-order valence-corrected chi connectivity index (χ3v) is 18.4. The van der Waals surface area contributed by atoms with Crippen molar-refractivity contribution in [3.8, 4) is 33.8 Å². The molecule has 3 heterocycles. The molecule has 1 N–H and O–H groups in total. The van der Waals surface area contributed by atoms with Crippen molar-refractivity contribution in [3.05, 3.63) is 136 Å². The normalized spacial score (nSPS) is 11.4. The Labute approximate surface area is 701 Å². The molecular weight excluding hydrogens is 1580 g/mol. The first-order valence-corrected chi connectivity index (χ1v) is 41.6. The smallest absolute Gasteiger partial charge is 1.00 e. The molecular formula is C80H105F3N9NaO20S3. The molecule has 0 spiro atoms. The van der Waals surface area contributed by atoms with Crippen LogP contribution in [0.2, 0.25) is 0 Å². The molecule has 116 heavy (non-hydrogen) atoms. The molecule has 3 aromatic heterocycles. The molecule has 0 fully saturated rings. The van der Waals surface area contributed by atoms with Crippen LogP contribution in [-0.4, -0.2) is 183 Å². The van der Waals surface area contributed by atoms with Crippen molar-refractivity contribution in [1.29, 1.82) is 0 Å². The van der Waals surface area contributed by atoms with Gasteiger partial charge >= 0.3 is 47.5 Å². The van der Waals surface area contributed by atoms with Gasteiger partial charge in [-0.05, 0) is 176 Å². The summed E-state index contributed by atoms with van der Waals surface area (Å²) in [6.07, 6.45) is 7.95.